The first-order chi connectivity index (χ1) is 15.1. The third-order valence-electron chi connectivity index (χ3n) is 6.42. The van der Waals surface area contributed by atoms with Crippen molar-refractivity contribution in [3.8, 4) is 11.5 Å². The van der Waals surface area contributed by atoms with Crippen LogP contribution in [0.2, 0.25) is 0 Å². The van der Waals surface area contributed by atoms with Crippen LogP contribution in [0.1, 0.15) is 23.4 Å². The minimum absolute atomic E-state index is 0.0578. The molecule has 3 heterocycles. The molecule has 5 nitrogen and oxygen atoms in total. The van der Waals surface area contributed by atoms with Crippen LogP contribution in [-0.2, 0) is 12.8 Å². The summed E-state index contributed by atoms with van der Waals surface area (Å²) in [6.45, 7) is 3.22. The summed E-state index contributed by atoms with van der Waals surface area (Å²) in [5.41, 5.74) is 5.39. The predicted molar refractivity (Wildman–Crippen MR) is 118 cm³/mol. The van der Waals surface area contributed by atoms with E-state index in [2.05, 4.69) is 21.4 Å². The summed E-state index contributed by atoms with van der Waals surface area (Å²) in [6, 6.07) is 13.3. The molecule has 0 bridgehead atoms. The summed E-state index contributed by atoms with van der Waals surface area (Å²) >= 11 is 0. The highest BCUT2D eigenvalue weighted by atomic mass is 19.1. The van der Waals surface area contributed by atoms with Crippen LogP contribution in [0, 0.1) is 12.7 Å². The smallest absolute Gasteiger partial charge is 0.171 e. The number of halogens is 1. The topological polar surface area (TPSA) is 59.2 Å². The molecule has 2 aromatic carbocycles. The average Bonchev–Trinajstić information content (AvgIpc) is 3.14. The van der Waals surface area contributed by atoms with Crippen molar-refractivity contribution in [1.29, 1.82) is 0 Å². The molecule has 158 valence electrons. The molecule has 0 amide bonds. The Morgan fingerprint density at radius 1 is 1.16 bits per heavy atom. The number of pyridine rings is 1. The lowest BCUT2D eigenvalue weighted by atomic mass is 9.91. The highest BCUT2D eigenvalue weighted by Crippen LogP contribution is 2.38. The standard InChI is InChI=1S/C25H24FN3O2/c1-14-2-5-19-21(28-14)8-9-24-25(19)31-17(13-30-24)12-27-16-4-6-18-20-10-15(26)3-7-22(20)29-23(18)11-16/h2-3,5,7-10,16-17,27,29H,4,6,11-13H2,1H3/t16?,17-/m0/s1. The molecule has 6 heteroatoms. The van der Waals surface area contributed by atoms with Gasteiger partial charge < -0.3 is 19.8 Å². The fourth-order valence-electron chi connectivity index (χ4n) is 4.85. The molecule has 2 aromatic heterocycles. The number of hydrogen-bond donors (Lipinski definition) is 2. The van der Waals surface area contributed by atoms with Gasteiger partial charge in [0.2, 0.25) is 0 Å². The van der Waals surface area contributed by atoms with Crippen LogP contribution in [0.5, 0.6) is 11.5 Å². The van der Waals surface area contributed by atoms with Crippen molar-refractivity contribution in [3.63, 3.8) is 0 Å². The Morgan fingerprint density at radius 2 is 2.10 bits per heavy atom. The molecule has 0 spiro atoms. The fourth-order valence-corrected chi connectivity index (χ4v) is 4.85. The van der Waals surface area contributed by atoms with E-state index in [1.54, 1.807) is 6.07 Å². The Labute approximate surface area is 179 Å². The Morgan fingerprint density at radius 3 is 3.03 bits per heavy atom. The van der Waals surface area contributed by atoms with E-state index in [1.165, 1.54) is 17.3 Å². The van der Waals surface area contributed by atoms with Crippen LogP contribution in [0.15, 0.2) is 42.5 Å². The molecule has 1 aliphatic carbocycles. The van der Waals surface area contributed by atoms with E-state index in [9.17, 15) is 4.39 Å². The zero-order chi connectivity index (χ0) is 20.9. The van der Waals surface area contributed by atoms with Gasteiger partial charge in [-0.25, -0.2) is 4.39 Å². The second-order valence-corrected chi connectivity index (χ2v) is 8.58. The van der Waals surface area contributed by atoms with E-state index in [4.69, 9.17) is 9.47 Å². The Kier molecular flexibility index (Phi) is 4.35. The Balaban J connectivity index is 1.15. The summed E-state index contributed by atoms with van der Waals surface area (Å²) in [5.74, 6) is 1.39. The largest absolute Gasteiger partial charge is 0.486 e. The highest BCUT2D eigenvalue weighted by Gasteiger charge is 2.26. The molecule has 2 atom stereocenters. The number of aromatic nitrogens is 2. The molecule has 4 aromatic rings. The molecule has 1 unspecified atom stereocenters. The van der Waals surface area contributed by atoms with E-state index >= 15 is 0 Å². The van der Waals surface area contributed by atoms with Crippen molar-refractivity contribution in [2.24, 2.45) is 0 Å². The first kappa shape index (κ1) is 18.6. The van der Waals surface area contributed by atoms with Gasteiger partial charge in [-0.15, -0.1) is 0 Å². The molecule has 0 saturated heterocycles. The third kappa shape index (κ3) is 3.31. The number of H-pyrrole nitrogens is 1. The fraction of sp³-hybridized carbons (Fsp3) is 0.320. The van der Waals surface area contributed by atoms with Crippen molar-refractivity contribution in [3.05, 3.63) is 65.2 Å². The quantitative estimate of drug-likeness (QED) is 0.517. The lowest BCUT2D eigenvalue weighted by molar-refractivity contribution is 0.0896. The van der Waals surface area contributed by atoms with Crippen LogP contribution in [0.25, 0.3) is 21.8 Å². The summed E-state index contributed by atoms with van der Waals surface area (Å²) < 4.78 is 26.0. The molecular weight excluding hydrogens is 393 g/mol. The summed E-state index contributed by atoms with van der Waals surface area (Å²) in [4.78, 5) is 8.07. The van der Waals surface area contributed by atoms with Crippen LogP contribution in [-0.4, -0.2) is 35.3 Å². The van der Waals surface area contributed by atoms with Gasteiger partial charge in [-0.2, -0.15) is 0 Å². The molecule has 0 fully saturated rings. The van der Waals surface area contributed by atoms with Gasteiger partial charge in [0.15, 0.2) is 11.5 Å². The van der Waals surface area contributed by atoms with E-state index < -0.39 is 0 Å². The lowest BCUT2D eigenvalue weighted by Crippen LogP contribution is -2.44. The normalized spacial score (nSPS) is 20.2. The van der Waals surface area contributed by atoms with Crippen molar-refractivity contribution in [2.75, 3.05) is 13.2 Å². The Bertz CT molecular complexity index is 1300. The summed E-state index contributed by atoms with van der Waals surface area (Å²) in [5, 5.41) is 5.67. The van der Waals surface area contributed by atoms with Gasteiger partial charge in [-0.1, -0.05) is 0 Å². The highest BCUT2D eigenvalue weighted by molar-refractivity contribution is 5.88. The number of fused-ring (bicyclic) bond motifs is 6. The second kappa shape index (κ2) is 7.24. The van der Waals surface area contributed by atoms with Gasteiger partial charge in [0.25, 0.3) is 0 Å². The maximum absolute atomic E-state index is 13.7. The van der Waals surface area contributed by atoms with E-state index in [-0.39, 0.29) is 11.9 Å². The van der Waals surface area contributed by atoms with Crippen LogP contribution in [0.4, 0.5) is 4.39 Å². The van der Waals surface area contributed by atoms with Gasteiger partial charge in [0.05, 0.1) is 5.52 Å². The number of nitrogens with one attached hydrogen (secondary N) is 2. The van der Waals surface area contributed by atoms with E-state index in [0.717, 1.165) is 58.3 Å². The first-order valence-electron chi connectivity index (χ1n) is 10.9. The van der Waals surface area contributed by atoms with Crippen molar-refractivity contribution in [1.82, 2.24) is 15.3 Å². The van der Waals surface area contributed by atoms with Crippen molar-refractivity contribution in [2.45, 2.75) is 38.3 Å². The van der Waals surface area contributed by atoms with Gasteiger partial charge in [0, 0.05) is 46.7 Å². The van der Waals surface area contributed by atoms with Gasteiger partial charge >= 0.3 is 0 Å². The monoisotopic (exact) mass is 417 g/mol. The molecule has 0 radical (unpaired) electrons. The number of ether oxygens (including phenoxy) is 2. The SMILES string of the molecule is Cc1ccc2c3c(ccc2n1)OC[C@H](CNC1CCc2c([nH]c4ccc(F)cc24)C1)O3. The molecular formula is C25H24FN3O2. The number of hydrogen-bond acceptors (Lipinski definition) is 4. The third-order valence-corrected chi connectivity index (χ3v) is 6.42. The van der Waals surface area contributed by atoms with Crippen molar-refractivity contribution >= 4 is 21.8 Å². The molecule has 31 heavy (non-hydrogen) atoms. The van der Waals surface area contributed by atoms with Crippen molar-refractivity contribution < 1.29 is 13.9 Å². The molecule has 2 N–H and O–H groups in total. The van der Waals surface area contributed by atoms with Crippen LogP contribution >= 0.6 is 0 Å². The predicted octanol–water partition coefficient (Wildman–Crippen LogP) is 4.45. The zero-order valence-corrected chi connectivity index (χ0v) is 17.4. The number of benzene rings is 2. The van der Waals surface area contributed by atoms with E-state index in [1.807, 2.05) is 31.2 Å². The maximum Gasteiger partial charge on any atom is 0.171 e. The molecule has 0 saturated carbocycles. The van der Waals surface area contributed by atoms with Crippen LogP contribution < -0.4 is 14.8 Å². The van der Waals surface area contributed by atoms with Crippen LogP contribution in [0.3, 0.4) is 0 Å². The molecule has 1 aliphatic heterocycles. The molecule has 2 aliphatic rings. The average molecular weight is 417 g/mol. The number of aromatic amines is 1. The van der Waals surface area contributed by atoms with Gasteiger partial charge in [-0.05, 0) is 67.8 Å². The lowest BCUT2D eigenvalue weighted by Gasteiger charge is -2.30. The number of aryl methyl sites for hydroxylation is 2. The van der Waals surface area contributed by atoms with Gasteiger partial charge in [-0.3, -0.25) is 4.98 Å². The number of rotatable bonds is 3. The van der Waals surface area contributed by atoms with Gasteiger partial charge in [0.1, 0.15) is 18.5 Å². The number of nitrogens with zero attached hydrogens (tertiary/aromatic N) is 1. The summed E-state index contributed by atoms with van der Waals surface area (Å²) in [6.07, 6.45) is 2.81. The second-order valence-electron chi connectivity index (χ2n) is 8.58. The minimum atomic E-state index is -0.179. The maximum atomic E-state index is 13.7. The summed E-state index contributed by atoms with van der Waals surface area (Å²) in [7, 11) is 0. The minimum Gasteiger partial charge on any atom is -0.486 e. The zero-order valence-electron chi connectivity index (χ0n) is 17.4. The first-order valence-corrected chi connectivity index (χ1v) is 10.9. The molecule has 6 rings (SSSR count). The Hall–Kier alpha value is -3.12. The van der Waals surface area contributed by atoms with E-state index in [0.29, 0.717) is 19.2 Å².